The topological polar surface area (TPSA) is 58.5 Å². The van der Waals surface area contributed by atoms with E-state index >= 15 is 0 Å². The highest BCUT2D eigenvalue weighted by atomic mass is 16.5. The molecule has 32 heavy (non-hydrogen) atoms. The Bertz CT molecular complexity index is 1270. The highest BCUT2D eigenvalue weighted by molar-refractivity contribution is 5.90. The fourth-order valence-corrected chi connectivity index (χ4v) is 3.47. The lowest BCUT2D eigenvalue weighted by molar-refractivity contribution is 0.340. The number of aliphatic imine (C=N–C) groups is 1. The number of furan rings is 1. The van der Waals surface area contributed by atoms with E-state index < -0.39 is 0 Å². The van der Waals surface area contributed by atoms with Crippen molar-refractivity contribution in [2.24, 2.45) is 4.99 Å². The molecule has 0 N–H and O–H groups in total. The van der Waals surface area contributed by atoms with Crippen LogP contribution in [-0.4, -0.2) is 12.8 Å². The molecule has 4 rings (SSSR count). The molecule has 0 bridgehead atoms. The van der Waals surface area contributed by atoms with Crippen LogP contribution in [0.4, 0.5) is 5.88 Å². The van der Waals surface area contributed by atoms with E-state index in [1.165, 1.54) is 0 Å². The zero-order valence-electron chi connectivity index (χ0n) is 18.4. The van der Waals surface area contributed by atoms with Gasteiger partial charge in [0.05, 0.1) is 6.61 Å². The number of aryl methyl sites for hydroxylation is 2. The highest BCUT2D eigenvalue weighted by Gasteiger charge is 2.22. The van der Waals surface area contributed by atoms with Crippen molar-refractivity contribution in [2.45, 2.75) is 20.8 Å². The molecule has 4 nitrogen and oxygen atoms in total. The first-order valence-corrected chi connectivity index (χ1v) is 10.6. The van der Waals surface area contributed by atoms with Crippen molar-refractivity contribution in [3.63, 3.8) is 0 Å². The van der Waals surface area contributed by atoms with Crippen LogP contribution in [0.1, 0.15) is 29.2 Å². The second-order valence-electron chi connectivity index (χ2n) is 7.59. The lowest BCUT2D eigenvalue weighted by Crippen LogP contribution is -1.91. The van der Waals surface area contributed by atoms with E-state index in [-0.39, 0.29) is 0 Å². The second kappa shape index (κ2) is 9.36. The van der Waals surface area contributed by atoms with E-state index in [0.29, 0.717) is 23.8 Å². The molecule has 0 saturated heterocycles. The highest BCUT2D eigenvalue weighted by Crippen LogP contribution is 2.42. The summed E-state index contributed by atoms with van der Waals surface area (Å²) in [5.74, 6) is 1.75. The summed E-state index contributed by atoms with van der Waals surface area (Å²) in [7, 11) is 0. The summed E-state index contributed by atoms with van der Waals surface area (Å²) in [5, 5.41) is 10.0. The number of benzene rings is 3. The number of rotatable bonds is 6. The normalized spacial score (nSPS) is 10.9. The van der Waals surface area contributed by atoms with Crippen LogP contribution in [0.3, 0.4) is 0 Å². The van der Waals surface area contributed by atoms with Gasteiger partial charge in [0.2, 0.25) is 5.88 Å². The van der Waals surface area contributed by atoms with Gasteiger partial charge in [0.25, 0.3) is 0 Å². The average molecular weight is 421 g/mol. The molecule has 0 aliphatic rings. The van der Waals surface area contributed by atoms with E-state index in [2.05, 4.69) is 11.1 Å². The first kappa shape index (κ1) is 21.1. The van der Waals surface area contributed by atoms with Gasteiger partial charge in [-0.05, 0) is 56.2 Å². The third-order valence-electron chi connectivity index (χ3n) is 5.18. The SMILES string of the molecule is CCOc1ccc(/C=N/c2oc(-c3ccc(C)cc3)c(-c3ccc(C)cc3)c2C#N)cc1. The van der Waals surface area contributed by atoms with Gasteiger partial charge in [0.15, 0.2) is 0 Å². The quantitative estimate of drug-likeness (QED) is 0.309. The van der Waals surface area contributed by atoms with Gasteiger partial charge in [-0.15, -0.1) is 0 Å². The van der Waals surface area contributed by atoms with Crippen molar-refractivity contribution in [2.75, 3.05) is 6.61 Å². The average Bonchev–Trinajstić information content (AvgIpc) is 3.18. The smallest absolute Gasteiger partial charge is 0.238 e. The molecule has 0 fully saturated rings. The maximum Gasteiger partial charge on any atom is 0.238 e. The van der Waals surface area contributed by atoms with E-state index in [1.54, 1.807) is 6.21 Å². The van der Waals surface area contributed by atoms with Crippen LogP contribution in [0.15, 0.2) is 82.2 Å². The molecule has 158 valence electrons. The van der Waals surface area contributed by atoms with Gasteiger partial charge in [-0.1, -0.05) is 59.7 Å². The fraction of sp³-hybridized carbons (Fsp3) is 0.143. The Labute approximate surface area is 188 Å². The molecule has 0 unspecified atom stereocenters. The maximum absolute atomic E-state index is 10.0. The summed E-state index contributed by atoms with van der Waals surface area (Å²) in [4.78, 5) is 4.54. The Hall–Kier alpha value is -4.10. The van der Waals surface area contributed by atoms with E-state index in [0.717, 1.165) is 39.1 Å². The second-order valence-corrected chi connectivity index (χ2v) is 7.59. The summed E-state index contributed by atoms with van der Waals surface area (Å²) >= 11 is 0. The zero-order chi connectivity index (χ0) is 22.5. The minimum Gasteiger partial charge on any atom is -0.494 e. The summed E-state index contributed by atoms with van der Waals surface area (Å²) in [6, 6.07) is 26.1. The van der Waals surface area contributed by atoms with E-state index in [4.69, 9.17) is 9.15 Å². The first-order valence-electron chi connectivity index (χ1n) is 10.6. The third kappa shape index (κ3) is 4.48. The number of nitrogens with zero attached hydrogens (tertiary/aromatic N) is 2. The maximum atomic E-state index is 10.0. The van der Waals surface area contributed by atoms with Crippen molar-refractivity contribution >= 4 is 12.1 Å². The van der Waals surface area contributed by atoms with Gasteiger partial charge in [-0.25, -0.2) is 4.99 Å². The molecule has 0 saturated carbocycles. The molecule has 0 aliphatic heterocycles. The molecule has 4 aromatic rings. The van der Waals surface area contributed by atoms with Gasteiger partial charge in [0.1, 0.15) is 23.1 Å². The molecule has 0 amide bonds. The van der Waals surface area contributed by atoms with Crippen molar-refractivity contribution in [3.05, 3.63) is 95.1 Å². The lowest BCUT2D eigenvalue weighted by atomic mass is 9.97. The molecule has 3 aromatic carbocycles. The van der Waals surface area contributed by atoms with Gasteiger partial charge >= 0.3 is 0 Å². The molecular formula is C28H24N2O2. The van der Waals surface area contributed by atoms with E-state index in [9.17, 15) is 5.26 Å². The number of hydrogen-bond acceptors (Lipinski definition) is 4. The summed E-state index contributed by atoms with van der Waals surface area (Å²) in [6.07, 6.45) is 1.70. The Morgan fingerprint density at radius 2 is 1.47 bits per heavy atom. The van der Waals surface area contributed by atoms with Crippen LogP contribution < -0.4 is 4.74 Å². The van der Waals surface area contributed by atoms with Gasteiger partial charge in [-0.3, -0.25) is 0 Å². The van der Waals surface area contributed by atoms with Crippen molar-refractivity contribution in [3.8, 4) is 34.3 Å². The van der Waals surface area contributed by atoms with Gasteiger partial charge < -0.3 is 9.15 Å². The molecule has 0 aliphatic carbocycles. The van der Waals surface area contributed by atoms with Gasteiger partial charge in [0, 0.05) is 17.3 Å². The predicted octanol–water partition coefficient (Wildman–Crippen LogP) is 7.25. The van der Waals surface area contributed by atoms with Crippen molar-refractivity contribution in [1.82, 2.24) is 0 Å². The molecule has 0 atom stereocenters. The van der Waals surface area contributed by atoms with Crippen LogP contribution in [0, 0.1) is 25.2 Å². The first-order chi connectivity index (χ1) is 15.6. The lowest BCUT2D eigenvalue weighted by Gasteiger charge is -2.05. The van der Waals surface area contributed by atoms with Crippen LogP contribution >= 0.6 is 0 Å². The molecule has 0 spiro atoms. The summed E-state index contributed by atoms with van der Waals surface area (Å²) < 4.78 is 11.7. The Morgan fingerprint density at radius 3 is 2.03 bits per heavy atom. The Kier molecular flexibility index (Phi) is 6.19. The summed E-state index contributed by atoms with van der Waals surface area (Å²) in [5.41, 5.74) is 6.22. The largest absolute Gasteiger partial charge is 0.494 e. The van der Waals surface area contributed by atoms with Gasteiger partial charge in [-0.2, -0.15) is 5.26 Å². The number of nitriles is 1. The number of ether oxygens (including phenoxy) is 1. The third-order valence-corrected chi connectivity index (χ3v) is 5.18. The minimum atomic E-state index is 0.299. The summed E-state index contributed by atoms with van der Waals surface area (Å²) in [6.45, 7) is 6.65. The van der Waals surface area contributed by atoms with Crippen LogP contribution in [0.25, 0.3) is 22.5 Å². The van der Waals surface area contributed by atoms with Crippen LogP contribution in [0.2, 0.25) is 0 Å². The standard InChI is InChI=1S/C28H24N2O2/c1-4-31-24-15-9-21(10-16-24)18-30-28-25(17-29)26(22-11-5-19(2)6-12-22)27(32-28)23-13-7-20(3)8-14-23/h5-16,18H,4H2,1-3H3/b30-18+. The monoisotopic (exact) mass is 420 g/mol. The molecule has 0 radical (unpaired) electrons. The Morgan fingerprint density at radius 1 is 0.875 bits per heavy atom. The fourth-order valence-electron chi connectivity index (χ4n) is 3.47. The van der Waals surface area contributed by atoms with Crippen molar-refractivity contribution < 1.29 is 9.15 Å². The van der Waals surface area contributed by atoms with E-state index in [1.807, 2.05) is 93.6 Å². The van der Waals surface area contributed by atoms with Crippen molar-refractivity contribution in [1.29, 1.82) is 5.26 Å². The zero-order valence-corrected chi connectivity index (χ0v) is 18.4. The molecule has 1 heterocycles. The van der Waals surface area contributed by atoms with Crippen LogP contribution in [-0.2, 0) is 0 Å². The number of hydrogen-bond donors (Lipinski definition) is 0. The van der Waals surface area contributed by atoms with Crippen LogP contribution in [0.5, 0.6) is 5.75 Å². The minimum absolute atomic E-state index is 0.299. The molecular weight excluding hydrogens is 396 g/mol. The molecule has 1 aromatic heterocycles. The molecule has 4 heteroatoms. The predicted molar refractivity (Wildman–Crippen MR) is 129 cm³/mol. The Balaban J connectivity index is 1.80.